The van der Waals surface area contributed by atoms with Gasteiger partial charge in [0.1, 0.15) is 5.15 Å². The molecule has 120 valence electrons. The molecule has 2 bridgehead atoms. The molecule has 2 fully saturated rings. The number of nitrogens with one attached hydrogen (secondary N) is 2. The van der Waals surface area contributed by atoms with Gasteiger partial charge in [0.05, 0.1) is 0 Å². The Morgan fingerprint density at radius 2 is 2.18 bits per heavy atom. The molecule has 1 aromatic heterocycles. The number of halogens is 1. The molecule has 5 nitrogen and oxygen atoms in total. The van der Waals surface area contributed by atoms with E-state index in [1.807, 2.05) is 6.07 Å². The molecule has 3 rings (SSSR count). The highest BCUT2D eigenvalue weighted by Gasteiger charge is 2.47. The molecule has 1 heterocycles. The minimum absolute atomic E-state index is 0.126. The van der Waals surface area contributed by atoms with E-state index in [9.17, 15) is 9.90 Å². The molecule has 0 spiro atoms. The van der Waals surface area contributed by atoms with Crippen LogP contribution in [0.25, 0.3) is 0 Å². The maximum Gasteiger partial charge on any atom is 0.315 e. The number of aliphatic hydroxyl groups is 1. The summed E-state index contributed by atoms with van der Waals surface area (Å²) in [5, 5.41) is 15.9. The maximum atomic E-state index is 12.0. The fourth-order valence-corrected chi connectivity index (χ4v) is 4.09. The van der Waals surface area contributed by atoms with Gasteiger partial charge in [0.25, 0.3) is 0 Å². The highest BCUT2D eigenvalue weighted by Crippen LogP contribution is 2.48. The average Bonchev–Trinajstić information content (AvgIpc) is 3.10. The zero-order chi connectivity index (χ0) is 15.5. The third kappa shape index (κ3) is 3.36. The monoisotopic (exact) mass is 323 g/mol. The molecule has 1 aromatic rings. The summed E-state index contributed by atoms with van der Waals surface area (Å²) >= 11 is 5.74. The molecular weight excluding hydrogens is 302 g/mol. The summed E-state index contributed by atoms with van der Waals surface area (Å²) in [4.78, 5) is 16.1. The fourth-order valence-electron chi connectivity index (χ4n) is 3.98. The molecule has 2 aliphatic rings. The molecule has 4 unspecified atom stereocenters. The first-order valence-corrected chi connectivity index (χ1v) is 8.31. The van der Waals surface area contributed by atoms with Gasteiger partial charge in [-0.3, -0.25) is 0 Å². The molecule has 0 aromatic carbocycles. The number of hydrogen-bond acceptors (Lipinski definition) is 3. The molecular formula is C16H22ClN3O2. The van der Waals surface area contributed by atoms with Crippen molar-refractivity contribution in [3.8, 4) is 0 Å². The van der Waals surface area contributed by atoms with E-state index >= 15 is 0 Å². The Labute approximate surface area is 135 Å². The van der Waals surface area contributed by atoms with Crippen LogP contribution >= 0.6 is 11.6 Å². The number of aromatic nitrogens is 1. The minimum atomic E-state index is -0.141. The van der Waals surface area contributed by atoms with E-state index in [2.05, 4.69) is 15.6 Å². The first kappa shape index (κ1) is 15.6. The van der Waals surface area contributed by atoms with Gasteiger partial charge in [-0.15, -0.1) is 0 Å². The molecule has 3 N–H and O–H groups in total. The lowest BCUT2D eigenvalue weighted by Crippen LogP contribution is -2.49. The van der Waals surface area contributed by atoms with E-state index in [4.69, 9.17) is 11.6 Å². The van der Waals surface area contributed by atoms with Crippen LogP contribution in [-0.4, -0.2) is 35.3 Å². The summed E-state index contributed by atoms with van der Waals surface area (Å²) < 4.78 is 0. The Morgan fingerprint density at radius 3 is 2.91 bits per heavy atom. The molecule has 22 heavy (non-hydrogen) atoms. The minimum Gasteiger partial charge on any atom is -0.396 e. The predicted molar refractivity (Wildman–Crippen MR) is 84.7 cm³/mol. The third-order valence-corrected chi connectivity index (χ3v) is 5.31. The highest BCUT2D eigenvalue weighted by atomic mass is 35.5. The van der Waals surface area contributed by atoms with E-state index in [1.165, 1.54) is 12.8 Å². The zero-order valence-corrected chi connectivity index (χ0v) is 13.2. The number of fused-ring (bicyclic) bond motifs is 2. The quantitative estimate of drug-likeness (QED) is 0.725. The SMILES string of the molecule is O=C(NCCc1ccc(Cl)nc1)NC1C2CCC(C2)C1CO. The van der Waals surface area contributed by atoms with E-state index < -0.39 is 0 Å². The number of aliphatic hydroxyl groups excluding tert-OH is 1. The van der Waals surface area contributed by atoms with Crippen molar-refractivity contribution in [2.45, 2.75) is 31.7 Å². The van der Waals surface area contributed by atoms with Gasteiger partial charge in [-0.1, -0.05) is 17.7 Å². The zero-order valence-electron chi connectivity index (χ0n) is 12.5. The van der Waals surface area contributed by atoms with Gasteiger partial charge in [-0.05, 0) is 49.1 Å². The molecule has 0 saturated heterocycles. The van der Waals surface area contributed by atoms with Gasteiger partial charge >= 0.3 is 6.03 Å². The number of rotatable bonds is 5. The first-order valence-electron chi connectivity index (χ1n) is 7.93. The van der Waals surface area contributed by atoms with Gasteiger partial charge in [-0.25, -0.2) is 9.78 Å². The molecule has 2 amide bonds. The second-order valence-electron chi connectivity index (χ2n) is 6.34. The van der Waals surface area contributed by atoms with E-state index in [-0.39, 0.29) is 24.6 Å². The van der Waals surface area contributed by atoms with Gasteiger partial charge in [0.2, 0.25) is 0 Å². The van der Waals surface area contributed by atoms with Crippen LogP contribution in [0, 0.1) is 17.8 Å². The standard InChI is InChI=1S/C16H22ClN3O2/c17-14-4-1-10(8-19-14)5-6-18-16(22)20-15-12-3-2-11(7-12)13(15)9-21/h1,4,8,11-13,15,21H,2-3,5-7,9H2,(H2,18,20,22). The predicted octanol–water partition coefficient (Wildman–Crippen LogP) is 1.98. The molecule has 4 atom stereocenters. The Balaban J connectivity index is 1.43. The van der Waals surface area contributed by atoms with Crippen molar-refractivity contribution in [2.24, 2.45) is 17.8 Å². The van der Waals surface area contributed by atoms with Crippen molar-refractivity contribution in [3.05, 3.63) is 29.0 Å². The number of carbonyl (C=O) groups is 1. The van der Waals surface area contributed by atoms with Crippen LogP contribution in [0.4, 0.5) is 4.79 Å². The number of carbonyl (C=O) groups excluding carboxylic acids is 1. The molecule has 2 saturated carbocycles. The summed E-state index contributed by atoms with van der Waals surface area (Å²) in [5.74, 6) is 1.35. The topological polar surface area (TPSA) is 74.2 Å². The van der Waals surface area contributed by atoms with Crippen molar-refractivity contribution in [1.29, 1.82) is 0 Å². The summed E-state index contributed by atoms with van der Waals surface area (Å²) in [6, 6.07) is 3.64. The average molecular weight is 324 g/mol. The summed E-state index contributed by atoms with van der Waals surface area (Å²) in [6.45, 7) is 0.725. The van der Waals surface area contributed by atoms with E-state index in [0.29, 0.717) is 23.5 Å². The molecule has 2 aliphatic carbocycles. The first-order chi connectivity index (χ1) is 10.7. The third-order valence-electron chi connectivity index (χ3n) is 5.08. The van der Waals surface area contributed by atoms with Crippen molar-refractivity contribution < 1.29 is 9.90 Å². The second-order valence-corrected chi connectivity index (χ2v) is 6.73. The van der Waals surface area contributed by atoms with Crippen molar-refractivity contribution in [3.63, 3.8) is 0 Å². The lowest BCUT2D eigenvalue weighted by molar-refractivity contribution is 0.144. The Morgan fingerprint density at radius 1 is 1.36 bits per heavy atom. The van der Waals surface area contributed by atoms with Crippen LogP contribution in [0.2, 0.25) is 5.15 Å². The molecule has 0 aliphatic heterocycles. The fraction of sp³-hybridized carbons (Fsp3) is 0.625. The van der Waals surface area contributed by atoms with E-state index in [1.54, 1.807) is 12.3 Å². The number of nitrogens with zero attached hydrogens (tertiary/aromatic N) is 1. The van der Waals surface area contributed by atoms with Crippen LogP contribution in [0.5, 0.6) is 0 Å². The van der Waals surface area contributed by atoms with Crippen molar-refractivity contribution in [2.75, 3.05) is 13.2 Å². The molecule has 0 radical (unpaired) electrons. The Bertz CT molecular complexity index is 523. The number of urea groups is 1. The Kier molecular flexibility index (Phi) is 4.84. The Hall–Kier alpha value is -1.33. The van der Waals surface area contributed by atoms with Gasteiger partial charge < -0.3 is 15.7 Å². The lowest BCUT2D eigenvalue weighted by Gasteiger charge is -2.30. The smallest absolute Gasteiger partial charge is 0.315 e. The summed E-state index contributed by atoms with van der Waals surface area (Å²) in [5.41, 5.74) is 1.04. The van der Waals surface area contributed by atoms with Crippen LogP contribution in [0.1, 0.15) is 24.8 Å². The van der Waals surface area contributed by atoms with Gasteiger partial charge in [-0.2, -0.15) is 0 Å². The normalized spacial score (nSPS) is 29.5. The van der Waals surface area contributed by atoms with Crippen molar-refractivity contribution in [1.82, 2.24) is 15.6 Å². The number of pyridine rings is 1. The maximum absolute atomic E-state index is 12.0. The van der Waals surface area contributed by atoms with Gasteiger partial charge in [0.15, 0.2) is 0 Å². The lowest BCUT2D eigenvalue weighted by atomic mass is 9.85. The highest BCUT2D eigenvalue weighted by molar-refractivity contribution is 6.29. The van der Waals surface area contributed by atoms with E-state index in [0.717, 1.165) is 18.4 Å². The molecule has 6 heteroatoms. The van der Waals surface area contributed by atoms with Gasteiger partial charge in [0, 0.05) is 31.3 Å². The largest absolute Gasteiger partial charge is 0.396 e. The van der Waals surface area contributed by atoms with Crippen LogP contribution in [0.15, 0.2) is 18.3 Å². The van der Waals surface area contributed by atoms with Crippen LogP contribution in [0.3, 0.4) is 0 Å². The van der Waals surface area contributed by atoms with Crippen molar-refractivity contribution >= 4 is 17.6 Å². The van der Waals surface area contributed by atoms with Crippen LogP contribution in [-0.2, 0) is 6.42 Å². The van der Waals surface area contributed by atoms with Crippen LogP contribution < -0.4 is 10.6 Å². The number of amides is 2. The summed E-state index contributed by atoms with van der Waals surface area (Å²) in [6.07, 6.45) is 5.95. The number of hydrogen-bond donors (Lipinski definition) is 3. The second kappa shape index (κ2) is 6.84. The summed E-state index contributed by atoms with van der Waals surface area (Å²) in [7, 11) is 0.